The first-order valence-electron chi connectivity index (χ1n) is 6.56. The molecule has 0 aliphatic rings. The molecule has 0 aliphatic carbocycles. The van der Waals surface area contributed by atoms with E-state index in [1.165, 1.54) is 0 Å². The van der Waals surface area contributed by atoms with Crippen molar-refractivity contribution in [2.45, 2.75) is 13.3 Å². The molecule has 0 fully saturated rings. The largest absolute Gasteiger partial charge is 0.493 e. The minimum absolute atomic E-state index is 0.0106. The van der Waals surface area contributed by atoms with Crippen molar-refractivity contribution in [2.75, 3.05) is 13.7 Å². The lowest BCUT2D eigenvalue weighted by Crippen LogP contribution is -2.04. The SMILES string of the molecule is COc1ncc(-c2ccc(OCCC(=O)O)cc2)cc1C. The first-order chi connectivity index (χ1) is 10.1. The van der Waals surface area contributed by atoms with Gasteiger partial charge < -0.3 is 14.6 Å². The molecule has 0 saturated heterocycles. The Labute approximate surface area is 123 Å². The molecule has 1 aromatic carbocycles. The topological polar surface area (TPSA) is 68.7 Å². The summed E-state index contributed by atoms with van der Waals surface area (Å²) in [6.45, 7) is 2.11. The van der Waals surface area contributed by atoms with Crippen molar-refractivity contribution < 1.29 is 19.4 Å². The van der Waals surface area contributed by atoms with Gasteiger partial charge in [0.2, 0.25) is 5.88 Å². The Morgan fingerprint density at radius 2 is 1.95 bits per heavy atom. The molecule has 1 aromatic heterocycles. The van der Waals surface area contributed by atoms with E-state index in [0.29, 0.717) is 11.6 Å². The number of rotatable bonds is 6. The van der Waals surface area contributed by atoms with Crippen LogP contribution in [0.3, 0.4) is 0 Å². The molecule has 0 radical (unpaired) electrons. The van der Waals surface area contributed by atoms with Gasteiger partial charge >= 0.3 is 5.97 Å². The number of aliphatic carboxylic acids is 1. The van der Waals surface area contributed by atoms with Gasteiger partial charge in [-0.2, -0.15) is 0 Å². The second kappa shape index (κ2) is 6.74. The standard InChI is InChI=1S/C16H17NO4/c1-11-9-13(10-17-16(11)20-2)12-3-5-14(6-4-12)21-8-7-15(18)19/h3-6,9-10H,7-8H2,1-2H3,(H,18,19). The van der Waals surface area contributed by atoms with Crippen molar-refractivity contribution in [1.29, 1.82) is 0 Å². The van der Waals surface area contributed by atoms with Gasteiger partial charge in [-0.05, 0) is 30.7 Å². The van der Waals surface area contributed by atoms with E-state index in [-0.39, 0.29) is 13.0 Å². The summed E-state index contributed by atoms with van der Waals surface area (Å²) in [7, 11) is 1.60. The third-order valence-corrected chi connectivity index (χ3v) is 3.00. The van der Waals surface area contributed by atoms with E-state index >= 15 is 0 Å². The zero-order valence-electron chi connectivity index (χ0n) is 12.0. The molecule has 0 aliphatic heterocycles. The van der Waals surface area contributed by atoms with Crippen molar-refractivity contribution in [2.24, 2.45) is 0 Å². The molecule has 110 valence electrons. The van der Waals surface area contributed by atoms with Gasteiger partial charge in [0.15, 0.2) is 0 Å². The molecule has 1 N–H and O–H groups in total. The van der Waals surface area contributed by atoms with Crippen LogP contribution in [-0.4, -0.2) is 29.8 Å². The molecule has 0 saturated carbocycles. The van der Waals surface area contributed by atoms with Gasteiger partial charge in [0.05, 0.1) is 20.1 Å². The van der Waals surface area contributed by atoms with Crippen LogP contribution >= 0.6 is 0 Å². The predicted molar refractivity (Wildman–Crippen MR) is 78.7 cm³/mol. The third kappa shape index (κ3) is 3.95. The van der Waals surface area contributed by atoms with Crippen molar-refractivity contribution in [3.63, 3.8) is 0 Å². The molecule has 5 nitrogen and oxygen atoms in total. The molecule has 5 heteroatoms. The smallest absolute Gasteiger partial charge is 0.306 e. The van der Waals surface area contributed by atoms with Gasteiger partial charge in [-0.3, -0.25) is 4.79 Å². The molecule has 0 atom stereocenters. The van der Waals surface area contributed by atoms with E-state index in [1.807, 2.05) is 37.3 Å². The number of hydrogen-bond acceptors (Lipinski definition) is 4. The monoisotopic (exact) mass is 287 g/mol. The zero-order chi connectivity index (χ0) is 15.2. The predicted octanol–water partition coefficient (Wildman–Crippen LogP) is 2.92. The van der Waals surface area contributed by atoms with E-state index in [9.17, 15) is 4.79 Å². The summed E-state index contributed by atoms with van der Waals surface area (Å²) in [5, 5.41) is 8.56. The number of pyridine rings is 1. The number of aryl methyl sites for hydroxylation is 1. The molecule has 0 amide bonds. The maximum atomic E-state index is 10.4. The fourth-order valence-corrected chi connectivity index (χ4v) is 1.93. The van der Waals surface area contributed by atoms with Crippen LogP contribution in [0.5, 0.6) is 11.6 Å². The van der Waals surface area contributed by atoms with Gasteiger partial charge in [-0.15, -0.1) is 0 Å². The van der Waals surface area contributed by atoms with Crippen LogP contribution in [0, 0.1) is 6.92 Å². The summed E-state index contributed by atoms with van der Waals surface area (Å²) < 4.78 is 10.5. The number of methoxy groups -OCH3 is 1. The van der Waals surface area contributed by atoms with E-state index in [4.69, 9.17) is 14.6 Å². The highest BCUT2D eigenvalue weighted by Gasteiger charge is 2.04. The van der Waals surface area contributed by atoms with Crippen LogP contribution in [0.4, 0.5) is 0 Å². The first kappa shape index (κ1) is 14.8. The lowest BCUT2D eigenvalue weighted by Gasteiger charge is -2.08. The number of ether oxygens (including phenoxy) is 2. The van der Waals surface area contributed by atoms with Crippen LogP contribution < -0.4 is 9.47 Å². The first-order valence-corrected chi connectivity index (χ1v) is 6.56. The molecule has 0 bridgehead atoms. The zero-order valence-corrected chi connectivity index (χ0v) is 12.0. The average molecular weight is 287 g/mol. The molecule has 2 aromatic rings. The number of carboxylic acid groups (broad SMARTS) is 1. The number of nitrogens with zero attached hydrogens (tertiary/aromatic N) is 1. The Morgan fingerprint density at radius 3 is 2.52 bits per heavy atom. The van der Waals surface area contributed by atoms with Crippen LogP contribution in [0.1, 0.15) is 12.0 Å². The summed E-state index contributed by atoms with van der Waals surface area (Å²) in [4.78, 5) is 14.7. The van der Waals surface area contributed by atoms with Crippen molar-refractivity contribution in [3.8, 4) is 22.8 Å². The molecule has 1 heterocycles. The lowest BCUT2D eigenvalue weighted by atomic mass is 10.1. The normalized spacial score (nSPS) is 10.2. The highest BCUT2D eigenvalue weighted by Crippen LogP contribution is 2.25. The second-order valence-corrected chi connectivity index (χ2v) is 4.57. The minimum Gasteiger partial charge on any atom is -0.493 e. The highest BCUT2D eigenvalue weighted by atomic mass is 16.5. The average Bonchev–Trinajstić information content (AvgIpc) is 2.47. The van der Waals surface area contributed by atoms with Crippen LogP contribution in [-0.2, 0) is 4.79 Å². The quantitative estimate of drug-likeness (QED) is 0.884. The number of hydrogen-bond donors (Lipinski definition) is 1. The van der Waals surface area contributed by atoms with Gasteiger partial charge in [-0.1, -0.05) is 12.1 Å². The van der Waals surface area contributed by atoms with Gasteiger partial charge in [0.25, 0.3) is 0 Å². The van der Waals surface area contributed by atoms with Crippen LogP contribution in [0.15, 0.2) is 36.5 Å². The van der Waals surface area contributed by atoms with Crippen LogP contribution in [0.2, 0.25) is 0 Å². The lowest BCUT2D eigenvalue weighted by molar-refractivity contribution is -0.137. The minimum atomic E-state index is -0.869. The molecule has 21 heavy (non-hydrogen) atoms. The van der Waals surface area contributed by atoms with E-state index < -0.39 is 5.97 Å². The maximum Gasteiger partial charge on any atom is 0.306 e. The summed E-state index contributed by atoms with van der Waals surface area (Å²) in [5.41, 5.74) is 2.97. The van der Waals surface area contributed by atoms with Gasteiger partial charge in [0, 0.05) is 17.3 Å². The summed E-state index contributed by atoms with van der Waals surface area (Å²) in [6.07, 6.45) is 1.75. The second-order valence-electron chi connectivity index (χ2n) is 4.57. The van der Waals surface area contributed by atoms with Gasteiger partial charge in [-0.25, -0.2) is 4.98 Å². The fraction of sp³-hybridized carbons (Fsp3) is 0.250. The Morgan fingerprint density at radius 1 is 1.24 bits per heavy atom. The molecular weight excluding hydrogens is 270 g/mol. The van der Waals surface area contributed by atoms with Crippen molar-refractivity contribution in [1.82, 2.24) is 4.98 Å². The van der Waals surface area contributed by atoms with E-state index in [2.05, 4.69) is 4.98 Å². The number of carboxylic acids is 1. The van der Waals surface area contributed by atoms with Crippen molar-refractivity contribution >= 4 is 5.97 Å². The van der Waals surface area contributed by atoms with Crippen molar-refractivity contribution in [3.05, 3.63) is 42.1 Å². The number of carbonyl (C=O) groups is 1. The molecule has 0 unspecified atom stereocenters. The van der Waals surface area contributed by atoms with E-state index in [0.717, 1.165) is 16.7 Å². The Bertz CT molecular complexity index is 623. The number of benzene rings is 1. The fourth-order valence-electron chi connectivity index (χ4n) is 1.93. The summed E-state index contributed by atoms with van der Waals surface area (Å²) in [5.74, 6) is 0.400. The van der Waals surface area contributed by atoms with Gasteiger partial charge in [0.1, 0.15) is 5.75 Å². The summed E-state index contributed by atoms with van der Waals surface area (Å²) >= 11 is 0. The molecular formula is C16H17NO4. The highest BCUT2D eigenvalue weighted by molar-refractivity contribution is 5.67. The third-order valence-electron chi connectivity index (χ3n) is 3.00. The number of aromatic nitrogens is 1. The van der Waals surface area contributed by atoms with E-state index in [1.54, 1.807) is 13.3 Å². The summed E-state index contributed by atoms with van der Waals surface area (Å²) in [6, 6.07) is 9.47. The Hall–Kier alpha value is -2.56. The molecule has 2 rings (SSSR count). The maximum absolute atomic E-state index is 10.4. The molecule has 0 spiro atoms. The van der Waals surface area contributed by atoms with Crippen LogP contribution in [0.25, 0.3) is 11.1 Å². The Balaban J connectivity index is 2.08. The Kier molecular flexibility index (Phi) is 4.77.